The molecule has 1 aromatic carbocycles. The number of anilines is 2. The number of nitrogen functional groups attached to an aromatic ring is 1. The normalized spacial score (nSPS) is 15.9. The second-order valence-corrected chi connectivity index (χ2v) is 4.07. The van der Waals surface area contributed by atoms with Crippen LogP contribution in [-0.4, -0.2) is 26.7 Å². The number of hydrogen-bond donors (Lipinski definition) is 2. The molecule has 18 heavy (non-hydrogen) atoms. The van der Waals surface area contributed by atoms with E-state index in [9.17, 15) is 4.79 Å². The topological polar surface area (TPSA) is 82.8 Å². The third-order valence-corrected chi connectivity index (χ3v) is 2.91. The van der Waals surface area contributed by atoms with Gasteiger partial charge in [0.2, 0.25) is 11.7 Å². The second kappa shape index (κ2) is 4.47. The minimum atomic E-state index is -0.974. The zero-order valence-electron chi connectivity index (χ0n) is 10.6. The number of nitrogens with two attached hydrogens (primary N) is 1. The average Bonchev–Trinajstić information content (AvgIpc) is 2.68. The van der Waals surface area contributed by atoms with Gasteiger partial charge in [0, 0.05) is 26.8 Å². The summed E-state index contributed by atoms with van der Waals surface area (Å²) >= 11 is 0. The van der Waals surface area contributed by atoms with Gasteiger partial charge in [0.1, 0.15) is 6.61 Å². The lowest BCUT2D eigenvalue weighted by Crippen LogP contribution is -2.32. The first-order valence-corrected chi connectivity index (χ1v) is 5.47. The number of amides is 1. The van der Waals surface area contributed by atoms with Crippen molar-refractivity contribution < 1.29 is 19.0 Å². The predicted molar refractivity (Wildman–Crippen MR) is 66.3 cm³/mol. The monoisotopic (exact) mass is 252 g/mol. The van der Waals surface area contributed by atoms with Crippen molar-refractivity contribution in [1.82, 2.24) is 0 Å². The van der Waals surface area contributed by atoms with Gasteiger partial charge in [-0.3, -0.25) is 4.79 Å². The fourth-order valence-electron chi connectivity index (χ4n) is 2.04. The molecule has 0 fully saturated rings. The van der Waals surface area contributed by atoms with E-state index in [1.54, 1.807) is 12.1 Å². The maximum absolute atomic E-state index is 11.1. The van der Waals surface area contributed by atoms with E-state index < -0.39 is 5.79 Å². The summed E-state index contributed by atoms with van der Waals surface area (Å²) in [7, 11) is 3.06. The highest BCUT2D eigenvalue weighted by Gasteiger charge is 2.43. The van der Waals surface area contributed by atoms with Crippen molar-refractivity contribution in [2.45, 2.75) is 12.7 Å². The Morgan fingerprint density at radius 3 is 2.67 bits per heavy atom. The van der Waals surface area contributed by atoms with Gasteiger partial charge in [-0.15, -0.1) is 0 Å². The van der Waals surface area contributed by atoms with E-state index >= 15 is 0 Å². The SMILES string of the molecule is COC1(OC)COc2c(N)cc(NC(C)=O)cc21. The maximum atomic E-state index is 11.1. The lowest BCUT2D eigenvalue weighted by atomic mass is 10.1. The molecule has 6 nitrogen and oxygen atoms in total. The lowest BCUT2D eigenvalue weighted by molar-refractivity contribution is -0.218. The van der Waals surface area contributed by atoms with Crippen molar-refractivity contribution in [3.63, 3.8) is 0 Å². The van der Waals surface area contributed by atoms with Gasteiger partial charge in [0.05, 0.1) is 11.3 Å². The van der Waals surface area contributed by atoms with E-state index in [4.69, 9.17) is 19.9 Å². The van der Waals surface area contributed by atoms with Gasteiger partial charge in [-0.05, 0) is 12.1 Å². The van der Waals surface area contributed by atoms with E-state index in [1.165, 1.54) is 21.1 Å². The first-order valence-electron chi connectivity index (χ1n) is 5.47. The van der Waals surface area contributed by atoms with Crippen LogP contribution in [0.25, 0.3) is 0 Å². The van der Waals surface area contributed by atoms with Crippen molar-refractivity contribution in [3.05, 3.63) is 17.7 Å². The van der Waals surface area contributed by atoms with Crippen LogP contribution in [0.1, 0.15) is 12.5 Å². The summed E-state index contributed by atoms with van der Waals surface area (Å²) in [6.07, 6.45) is 0. The second-order valence-electron chi connectivity index (χ2n) is 4.07. The zero-order chi connectivity index (χ0) is 13.3. The van der Waals surface area contributed by atoms with Gasteiger partial charge in [0.15, 0.2) is 5.75 Å². The first-order chi connectivity index (χ1) is 8.52. The minimum Gasteiger partial charge on any atom is -0.485 e. The summed E-state index contributed by atoms with van der Waals surface area (Å²) in [5.74, 6) is -0.612. The van der Waals surface area contributed by atoms with E-state index in [0.717, 1.165) is 0 Å². The lowest BCUT2D eigenvalue weighted by Gasteiger charge is -2.24. The molecule has 0 spiro atoms. The van der Waals surface area contributed by atoms with E-state index in [-0.39, 0.29) is 12.5 Å². The van der Waals surface area contributed by atoms with E-state index in [1.807, 2.05) is 0 Å². The molecule has 1 aliphatic heterocycles. The molecule has 1 aromatic rings. The number of rotatable bonds is 3. The molecule has 0 aliphatic carbocycles. The van der Waals surface area contributed by atoms with Crippen LogP contribution in [0.3, 0.4) is 0 Å². The van der Waals surface area contributed by atoms with Crippen molar-refractivity contribution in [2.75, 3.05) is 31.9 Å². The van der Waals surface area contributed by atoms with Crippen LogP contribution in [0.5, 0.6) is 5.75 Å². The number of carbonyl (C=O) groups is 1. The summed E-state index contributed by atoms with van der Waals surface area (Å²) in [6, 6.07) is 3.38. The molecule has 0 aromatic heterocycles. The van der Waals surface area contributed by atoms with Crippen LogP contribution < -0.4 is 15.8 Å². The van der Waals surface area contributed by atoms with Crippen LogP contribution in [0.2, 0.25) is 0 Å². The average molecular weight is 252 g/mol. The fraction of sp³-hybridized carbons (Fsp3) is 0.417. The molecule has 1 amide bonds. The molecular formula is C12H16N2O4. The molecule has 0 bridgehead atoms. The Hall–Kier alpha value is -1.79. The van der Waals surface area contributed by atoms with E-state index in [2.05, 4.69) is 5.32 Å². The number of ether oxygens (including phenoxy) is 3. The Bertz CT molecular complexity index is 483. The Kier molecular flexibility index (Phi) is 3.14. The van der Waals surface area contributed by atoms with Crippen LogP contribution >= 0.6 is 0 Å². The van der Waals surface area contributed by atoms with Crippen LogP contribution in [-0.2, 0) is 20.1 Å². The minimum absolute atomic E-state index is 0.173. The summed E-state index contributed by atoms with van der Waals surface area (Å²) in [5, 5.41) is 2.68. The number of methoxy groups -OCH3 is 2. The highest BCUT2D eigenvalue weighted by molar-refractivity contribution is 5.90. The summed E-state index contributed by atoms with van der Waals surface area (Å²) in [5.41, 5.74) is 7.59. The van der Waals surface area contributed by atoms with Crippen molar-refractivity contribution in [3.8, 4) is 5.75 Å². The molecule has 0 atom stereocenters. The van der Waals surface area contributed by atoms with Crippen molar-refractivity contribution in [2.24, 2.45) is 0 Å². The quantitative estimate of drug-likeness (QED) is 0.621. The van der Waals surface area contributed by atoms with Gasteiger partial charge < -0.3 is 25.3 Å². The number of hydrogen-bond acceptors (Lipinski definition) is 5. The number of carbonyl (C=O) groups excluding carboxylic acids is 1. The van der Waals surface area contributed by atoms with Gasteiger partial charge >= 0.3 is 0 Å². The third kappa shape index (κ3) is 1.89. The first kappa shape index (κ1) is 12.7. The molecule has 0 unspecified atom stereocenters. The predicted octanol–water partition coefficient (Wildman–Crippen LogP) is 1.07. The summed E-state index contributed by atoms with van der Waals surface area (Å²) in [6.45, 7) is 1.66. The van der Waals surface area contributed by atoms with Crippen LogP contribution in [0, 0.1) is 0 Å². The summed E-state index contributed by atoms with van der Waals surface area (Å²) in [4.78, 5) is 11.1. The molecule has 98 valence electrons. The van der Waals surface area contributed by atoms with Crippen molar-refractivity contribution in [1.29, 1.82) is 0 Å². The molecule has 1 aliphatic rings. The number of benzene rings is 1. The molecule has 0 radical (unpaired) electrons. The van der Waals surface area contributed by atoms with E-state index in [0.29, 0.717) is 22.7 Å². The number of fused-ring (bicyclic) bond motifs is 1. The summed E-state index contributed by atoms with van der Waals surface area (Å²) < 4.78 is 16.2. The fourth-order valence-corrected chi connectivity index (χ4v) is 2.04. The Morgan fingerprint density at radius 1 is 1.44 bits per heavy atom. The third-order valence-electron chi connectivity index (χ3n) is 2.91. The van der Waals surface area contributed by atoms with Gasteiger partial charge in [-0.1, -0.05) is 0 Å². The standard InChI is InChI=1S/C12H16N2O4/c1-7(15)14-8-4-9-11(10(13)5-8)18-6-12(9,16-2)17-3/h4-5H,6,13H2,1-3H3,(H,14,15). The van der Waals surface area contributed by atoms with Gasteiger partial charge in [0.25, 0.3) is 0 Å². The highest BCUT2D eigenvalue weighted by atomic mass is 16.7. The molecule has 1 heterocycles. The smallest absolute Gasteiger partial charge is 0.233 e. The molecule has 0 saturated carbocycles. The molecule has 0 saturated heterocycles. The van der Waals surface area contributed by atoms with Gasteiger partial charge in [-0.2, -0.15) is 0 Å². The zero-order valence-corrected chi connectivity index (χ0v) is 10.6. The molecule has 3 N–H and O–H groups in total. The van der Waals surface area contributed by atoms with Gasteiger partial charge in [-0.25, -0.2) is 0 Å². The van der Waals surface area contributed by atoms with Crippen molar-refractivity contribution >= 4 is 17.3 Å². The van der Waals surface area contributed by atoms with Crippen LogP contribution in [0.15, 0.2) is 12.1 Å². The highest BCUT2D eigenvalue weighted by Crippen LogP contribution is 2.45. The van der Waals surface area contributed by atoms with Crippen LogP contribution in [0.4, 0.5) is 11.4 Å². The Labute approximate surface area is 105 Å². The molecular weight excluding hydrogens is 236 g/mol. The Morgan fingerprint density at radius 2 is 2.11 bits per heavy atom. The molecule has 2 rings (SSSR count). The Balaban J connectivity index is 2.50. The largest absolute Gasteiger partial charge is 0.485 e. The molecule has 6 heteroatoms. The number of nitrogens with one attached hydrogen (secondary N) is 1. The maximum Gasteiger partial charge on any atom is 0.233 e.